The van der Waals surface area contributed by atoms with Crippen molar-refractivity contribution >= 4 is 75.9 Å². The summed E-state index contributed by atoms with van der Waals surface area (Å²) in [5.41, 5.74) is 4.19. The van der Waals surface area contributed by atoms with E-state index in [1.54, 1.807) is 24.3 Å². The summed E-state index contributed by atoms with van der Waals surface area (Å²) in [4.78, 5) is 15.9. The molecule has 2 aliphatic heterocycles. The lowest BCUT2D eigenvalue weighted by molar-refractivity contribution is -0.516. The van der Waals surface area contributed by atoms with Crippen molar-refractivity contribution in [3.8, 4) is 0 Å². The Balaban J connectivity index is 1.57. The molecule has 0 bridgehead atoms. The van der Waals surface area contributed by atoms with Crippen LogP contribution in [0.2, 0.25) is 20.1 Å². The van der Waals surface area contributed by atoms with Crippen molar-refractivity contribution in [1.29, 1.82) is 0 Å². The lowest BCUT2D eigenvalue weighted by Gasteiger charge is -2.32. The first-order valence-electron chi connectivity index (χ1n) is 11.2. The maximum absolute atomic E-state index is 13.6. The summed E-state index contributed by atoms with van der Waals surface area (Å²) < 4.78 is 2.27. The highest BCUT2D eigenvalue weighted by Crippen LogP contribution is 2.29. The number of anilines is 1. The van der Waals surface area contributed by atoms with Gasteiger partial charge in [-0.05, 0) is 59.7 Å². The van der Waals surface area contributed by atoms with Crippen LogP contribution in [0, 0.1) is 0 Å². The molecule has 0 saturated carbocycles. The van der Waals surface area contributed by atoms with E-state index in [0.29, 0.717) is 44.3 Å². The predicted molar refractivity (Wildman–Crippen MR) is 147 cm³/mol. The molecule has 0 aliphatic carbocycles. The molecule has 0 aromatic heterocycles. The third kappa shape index (κ3) is 5.19. The van der Waals surface area contributed by atoms with Gasteiger partial charge in [-0.15, -0.1) is 0 Å². The third-order valence-corrected chi connectivity index (χ3v) is 7.66. The Morgan fingerprint density at radius 2 is 1.26 bits per heavy atom. The molecule has 7 heteroatoms. The number of benzene rings is 3. The molecule has 0 unspecified atom stereocenters. The van der Waals surface area contributed by atoms with Crippen LogP contribution in [0.25, 0.3) is 12.2 Å². The van der Waals surface area contributed by atoms with Gasteiger partial charge in [-0.3, -0.25) is 9.37 Å². The molecule has 0 spiro atoms. The van der Waals surface area contributed by atoms with Crippen LogP contribution in [-0.4, -0.2) is 35.8 Å². The number of para-hydroxylation sites is 1. The van der Waals surface area contributed by atoms with E-state index in [0.717, 1.165) is 29.8 Å². The molecule has 0 amide bonds. The quantitative estimate of drug-likeness (QED) is 0.250. The van der Waals surface area contributed by atoms with Crippen molar-refractivity contribution in [2.24, 2.45) is 0 Å². The van der Waals surface area contributed by atoms with Crippen molar-refractivity contribution in [2.75, 3.05) is 24.5 Å². The molecule has 2 fully saturated rings. The molecular weight excluding hydrogens is 522 g/mol. The summed E-state index contributed by atoms with van der Waals surface area (Å²) in [6.07, 6.45) is 4.74. The maximum Gasteiger partial charge on any atom is 0.256 e. The molecular formula is C28H21Cl4N2O+. The van der Waals surface area contributed by atoms with Gasteiger partial charge < -0.3 is 0 Å². The lowest BCUT2D eigenvalue weighted by Crippen LogP contribution is -2.51. The SMILES string of the molecule is O=C1/C(=C/c2ccc(Cl)c(Cl)c2)C[N+](=C2CCN2c2ccccc2)C/C1=C\c1ccc(Cl)c(Cl)c1. The first kappa shape index (κ1) is 24.1. The van der Waals surface area contributed by atoms with E-state index < -0.39 is 0 Å². The zero-order valence-electron chi connectivity index (χ0n) is 18.6. The average Bonchev–Trinajstić information content (AvgIpc) is 2.81. The van der Waals surface area contributed by atoms with Crippen LogP contribution in [0.15, 0.2) is 77.9 Å². The Labute approximate surface area is 224 Å². The number of rotatable bonds is 3. The Morgan fingerprint density at radius 3 is 1.71 bits per heavy atom. The average molecular weight is 543 g/mol. The maximum atomic E-state index is 13.6. The summed E-state index contributed by atoms with van der Waals surface area (Å²) in [7, 11) is 0. The zero-order valence-corrected chi connectivity index (χ0v) is 21.7. The summed E-state index contributed by atoms with van der Waals surface area (Å²) in [6.45, 7) is 1.97. The second kappa shape index (κ2) is 10.2. The van der Waals surface area contributed by atoms with Gasteiger partial charge in [0.25, 0.3) is 5.84 Å². The van der Waals surface area contributed by atoms with Crippen LogP contribution >= 0.6 is 46.4 Å². The van der Waals surface area contributed by atoms with Crippen LogP contribution in [0.1, 0.15) is 17.5 Å². The minimum absolute atomic E-state index is 0.00424. The summed E-state index contributed by atoms with van der Waals surface area (Å²) >= 11 is 24.6. The molecule has 0 N–H and O–H groups in total. The van der Waals surface area contributed by atoms with E-state index >= 15 is 0 Å². The molecule has 176 valence electrons. The number of carbonyl (C=O) groups is 1. The Bertz CT molecular complexity index is 1330. The number of nitrogens with zero attached hydrogens (tertiary/aromatic N) is 2. The monoisotopic (exact) mass is 541 g/mol. The molecule has 5 rings (SSSR count). The van der Waals surface area contributed by atoms with Crippen LogP contribution in [0.4, 0.5) is 5.69 Å². The Morgan fingerprint density at radius 1 is 0.714 bits per heavy atom. The van der Waals surface area contributed by atoms with Gasteiger partial charge in [0.1, 0.15) is 25.3 Å². The van der Waals surface area contributed by atoms with Gasteiger partial charge in [0, 0.05) is 11.1 Å². The van der Waals surface area contributed by atoms with Crippen molar-refractivity contribution in [2.45, 2.75) is 6.42 Å². The van der Waals surface area contributed by atoms with E-state index in [4.69, 9.17) is 46.4 Å². The zero-order chi connectivity index (χ0) is 24.5. The normalized spacial score (nSPS) is 18.4. The summed E-state index contributed by atoms with van der Waals surface area (Å²) in [5.74, 6) is 1.20. The van der Waals surface area contributed by atoms with Gasteiger partial charge >= 0.3 is 0 Å². The number of carbonyl (C=O) groups excluding carboxylic acids is 1. The molecule has 2 saturated heterocycles. The van der Waals surface area contributed by atoms with Crippen molar-refractivity contribution in [1.82, 2.24) is 0 Å². The fourth-order valence-corrected chi connectivity index (χ4v) is 4.98. The number of piperidine rings is 1. The van der Waals surface area contributed by atoms with Crippen molar-refractivity contribution in [3.63, 3.8) is 0 Å². The first-order chi connectivity index (χ1) is 16.9. The topological polar surface area (TPSA) is 23.3 Å². The Kier molecular flexibility index (Phi) is 7.04. The molecule has 0 radical (unpaired) electrons. The van der Waals surface area contributed by atoms with E-state index in [1.807, 2.05) is 42.5 Å². The summed E-state index contributed by atoms with van der Waals surface area (Å²) in [6, 6.07) is 21.1. The van der Waals surface area contributed by atoms with Crippen LogP contribution in [0.5, 0.6) is 0 Å². The number of halogens is 4. The van der Waals surface area contributed by atoms with Crippen LogP contribution in [-0.2, 0) is 4.79 Å². The van der Waals surface area contributed by atoms with Crippen LogP contribution < -0.4 is 4.90 Å². The standard InChI is InChI=1S/C28H21Cl4N2O/c29-23-8-6-18(14-25(23)31)12-20-16-33(27-10-11-34(27)22-4-2-1-3-5-22)17-21(28(20)35)13-19-7-9-24(30)26(32)15-19/h1-9,12-15H,10-11,16-17H2/q+1/b20-12+,21-13+. The first-order valence-corrected chi connectivity index (χ1v) is 12.7. The molecule has 3 nitrogen and oxygen atoms in total. The largest absolute Gasteiger partial charge is 0.289 e. The molecule has 2 aliphatic rings. The number of ketones is 1. The second-order valence-corrected chi connectivity index (χ2v) is 10.2. The lowest BCUT2D eigenvalue weighted by atomic mass is 9.94. The van der Waals surface area contributed by atoms with Gasteiger partial charge in [0.05, 0.1) is 26.5 Å². The molecule has 0 atom stereocenters. The highest BCUT2D eigenvalue weighted by Gasteiger charge is 2.38. The van der Waals surface area contributed by atoms with E-state index in [9.17, 15) is 4.79 Å². The van der Waals surface area contributed by atoms with E-state index in [-0.39, 0.29) is 5.78 Å². The summed E-state index contributed by atoms with van der Waals surface area (Å²) in [5, 5.41) is 1.87. The fraction of sp³-hybridized carbons (Fsp3) is 0.143. The third-order valence-electron chi connectivity index (χ3n) is 6.18. The minimum Gasteiger partial charge on any atom is -0.289 e. The number of Topliss-reactive ketones (excluding diaryl/α,β-unsaturated/α-hetero) is 1. The molecule has 2 heterocycles. The molecule has 3 aromatic carbocycles. The van der Waals surface area contributed by atoms with Gasteiger partial charge in [-0.2, -0.15) is 0 Å². The van der Waals surface area contributed by atoms with E-state index in [2.05, 4.69) is 21.6 Å². The molecule has 3 aromatic rings. The highest BCUT2D eigenvalue weighted by molar-refractivity contribution is 6.42. The predicted octanol–water partition coefficient (Wildman–Crippen LogP) is 7.67. The smallest absolute Gasteiger partial charge is 0.256 e. The van der Waals surface area contributed by atoms with Gasteiger partial charge in [0.2, 0.25) is 0 Å². The van der Waals surface area contributed by atoms with Gasteiger partial charge in [-0.1, -0.05) is 76.7 Å². The highest BCUT2D eigenvalue weighted by atomic mass is 35.5. The molecule has 35 heavy (non-hydrogen) atoms. The van der Waals surface area contributed by atoms with Crippen molar-refractivity contribution < 1.29 is 9.37 Å². The minimum atomic E-state index is 0.00424. The van der Waals surface area contributed by atoms with Gasteiger partial charge in [0.15, 0.2) is 5.78 Å². The second-order valence-electron chi connectivity index (χ2n) is 8.52. The van der Waals surface area contributed by atoms with Crippen molar-refractivity contribution in [3.05, 3.63) is 109 Å². The van der Waals surface area contributed by atoms with E-state index in [1.165, 1.54) is 5.84 Å². The number of hydrogen-bond acceptors (Lipinski definition) is 1. The number of hydrogen-bond donors (Lipinski definition) is 0. The fourth-order valence-electron chi connectivity index (χ4n) is 4.37. The van der Waals surface area contributed by atoms with Crippen LogP contribution in [0.3, 0.4) is 0 Å². The van der Waals surface area contributed by atoms with Gasteiger partial charge in [-0.25, -0.2) is 4.90 Å². The number of amidine groups is 1. The Hall–Kier alpha value is -2.56.